The summed E-state index contributed by atoms with van der Waals surface area (Å²) in [7, 11) is -3.35. The third-order valence-corrected chi connectivity index (χ3v) is 5.45. The lowest BCUT2D eigenvalue weighted by atomic mass is 10.2. The number of rotatable bonds is 4. The van der Waals surface area contributed by atoms with Gasteiger partial charge >= 0.3 is 0 Å². The number of ether oxygens (including phenoxy) is 1. The summed E-state index contributed by atoms with van der Waals surface area (Å²) < 4.78 is 32.3. The maximum Gasteiger partial charge on any atom is 0.218 e. The normalized spacial score (nSPS) is 19.9. The van der Waals surface area contributed by atoms with Crippen LogP contribution in [0.5, 0.6) is 0 Å². The standard InChI is InChI=1S/C16H18N2O3S/c19-22(20,13-14-6-2-1-3-7-14)18-10-11-21-16(12-18)15-8-4-5-9-17-15/h1-9,16H,10-13H2/t16-/m1/s1. The quantitative estimate of drug-likeness (QED) is 0.865. The highest BCUT2D eigenvalue weighted by atomic mass is 32.2. The molecule has 22 heavy (non-hydrogen) atoms. The van der Waals surface area contributed by atoms with Gasteiger partial charge in [0.25, 0.3) is 0 Å². The summed E-state index contributed by atoms with van der Waals surface area (Å²) in [6.45, 7) is 1.08. The number of benzene rings is 1. The van der Waals surface area contributed by atoms with Gasteiger partial charge in [0.15, 0.2) is 0 Å². The van der Waals surface area contributed by atoms with Gasteiger partial charge in [-0.1, -0.05) is 36.4 Å². The largest absolute Gasteiger partial charge is 0.369 e. The highest BCUT2D eigenvalue weighted by Crippen LogP contribution is 2.23. The molecule has 2 heterocycles. The molecule has 1 fully saturated rings. The molecule has 0 radical (unpaired) electrons. The molecular weight excluding hydrogens is 300 g/mol. The summed E-state index contributed by atoms with van der Waals surface area (Å²) in [5, 5.41) is 0. The molecule has 1 saturated heterocycles. The van der Waals surface area contributed by atoms with E-state index in [-0.39, 0.29) is 11.9 Å². The third kappa shape index (κ3) is 3.52. The van der Waals surface area contributed by atoms with Crippen LogP contribution in [0.1, 0.15) is 17.4 Å². The van der Waals surface area contributed by atoms with Gasteiger partial charge in [0, 0.05) is 19.3 Å². The number of hydrogen-bond donors (Lipinski definition) is 0. The van der Waals surface area contributed by atoms with E-state index >= 15 is 0 Å². The number of morpholine rings is 1. The number of nitrogens with zero attached hydrogens (tertiary/aromatic N) is 2. The molecule has 1 atom stereocenters. The summed E-state index contributed by atoms with van der Waals surface area (Å²) in [5.74, 6) is 0.0166. The molecule has 1 aromatic carbocycles. The average molecular weight is 318 g/mol. The molecular formula is C16H18N2O3S. The van der Waals surface area contributed by atoms with Gasteiger partial charge in [0.05, 0.1) is 18.1 Å². The Morgan fingerprint density at radius 1 is 1.14 bits per heavy atom. The van der Waals surface area contributed by atoms with Gasteiger partial charge in [0.1, 0.15) is 6.10 Å². The van der Waals surface area contributed by atoms with Gasteiger partial charge in [-0.05, 0) is 17.7 Å². The Morgan fingerprint density at radius 2 is 1.91 bits per heavy atom. The van der Waals surface area contributed by atoms with Crippen molar-refractivity contribution >= 4 is 10.0 Å². The van der Waals surface area contributed by atoms with Crippen LogP contribution in [-0.2, 0) is 20.5 Å². The summed E-state index contributed by atoms with van der Waals surface area (Å²) in [6.07, 6.45) is 1.39. The summed E-state index contributed by atoms with van der Waals surface area (Å²) >= 11 is 0. The number of sulfonamides is 1. The van der Waals surface area contributed by atoms with Crippen molar-refractivity contribution in [1.29, 1.82) is 0 Å². The SMILES string of the molecule is O=S(=O)(Cc1ccccc1)N1CCO[C@@H](c2ccccn2)C1. The fourth-order valence-corrected chi connectivity index (χ4v) is 4.01. The van der Waals surface area contributed by atoms with Crippen molar-refractivity contribution in [1.82, 2.24) is 9.29 Å². The molecule has 0 amide bonds. The van der Waals surface area contributed by atoms with Gasteiger partial charge in [-0.25, -0.2) is 8.42 Å². The van der Waals surface area contributed by atoms with Crippen LogP contribution in [0.3, 0.4) is 0 Å². The average Bonchev–Trinajstić information content (AvgIpc) is 2.56. The molecule has 6 heteroatoms. The van der Waals surface area contributed by atoms with E-state index in [1.807, 2.05) is 48.5 Å². The lowest BCUT2D eigenvalue weighted by Gasteiger charge is -2.31. The Morgan fingerprint density at radius 3 is 2.64 bits per heavy atom. The van der Waals surface area contributed by atoms with E-state index in [0.29, 0.717) is 19.7 Å². The van der Waals surface area contributed by atoms with E-state index in [9.17, 15) is 8.42 Å². The molecule has 0 unspecified atom stereocenters. The lowest BCUT2D eigenvalue weighted by molar-refractivity contribution is -0.00498. The molecule has 1 aliphatic heterocycles. The highest BCUT2D eigenvalue weighted by Gasteiger charge is 2.30. The molecule has 1 aromatic heterocycles. The first kappa shape index (κ1) is 15.1. The minimum Gasteiger partial charge on any atom is -0.369 e. The van der Waals surface area contributed by atoms with E-state index in [1.54, 1.807) is 6.20 Å². The van der Waals surface area contributed by atoms with Crippen molar-refractivity contribution in [2.45, 2.75) is 11.9 Å². The fourth-order valence-electron chi connectivity index (χ4n) is 2.50. The van der Waals surface area contributed by atoms with Crippen LogP contribution in [0.25, 0.3) is 0 Å². The predicted molar refractivity (Wildman–Crippen MR) is 83.6 cm³/mol. The minimum atomic E-state index is -3.35. The first-order chi connectivity index (χ1) is 10.6. The summed E-state index contributed by atoms with van der Waals surface area (Å²) in [6, 6.07) is 14.8. The van der Waals surface area contributed by atoms with Gasteiger partial charge < -0.3 is 4.74 Å². The summed E-state index contributed by atoms with van der Waals surface area (Å²) in [5.41, 5.74) is 1.56. The Balaban J connectivity index is 1.74. The van der Waals surface area contributed by atoms with Crippen LogP contribution >= 0.6 is 0 Å². The van der Waals surface area contributed by atoms with Crippen LogP contribution < -0.4 is 0 Å². The van der Waals surface area contributed by atoms with E-state index < -0.39 is 10.0 Å². The Bertz CT molecular complexity index is 705. The maximum atomic E-state index is 12.6. The van der Waals surface area contributed by atoms with Crippen molar-refractivity contribution in [3.63, 3.8) is 0 Å². The Kier molecular flexibility index (Phi) is 4.52. The lowest BCUT2D eigenvalue weighted by Crippen LogP contribution is -2.42. The fraction of sp³-hybridized carbons (Fsp3) is 0.312. The minimum absolute atomic E-state index is 0.0166. The number of pyridine rings is 1. The second-order valence-electron chi connectivity index (χ2n) is 5.21. The van der Waals surface area contributed by atoms with E-state index in [4.69, 9.17) is 4.74 Å². The second-order valence-corrected chi connectivity index (χ2v) is 7.18. The first-order valence-corrected chi connectivity index (χ1v) is 8.80. The topological polar surface area (TPSA) is 59.5 Å². The third-order valence-electron chi connectivity index (χ3n) is 3.63. The zero-order valence-electron chi connectivity index (χ0n) is 12.1. The molecule has 0 saturated carbocycles. The molecule has 5 nitrogen and oxygen atoms in total. The molecule has 0 N–H and O–H groups in total. The summed E-state index contributed by atoms with van der Waals surface area (Å²) in [4.78, 5) is 4.26. The molecule has 0 aliphatic carbocycles. The molecule has 1 aliphatic rings. The van der Waals surface area contributed by atoms with Crippen molar-refractivity contribution < 1.29 is 13.2 Å². The predicted octanol–water partition coefficient (Wildman–Crippen LogP) is 1.98. The molecule has 0 spiro atoms. The van der Waals surface area contributed by atoms with Crippen molar-refractivity contribution in [3.8, 4) is 0 Å². The molecule has 0 bridgehead atoms. The molecule has 116 valence electrons. The van der Waals surface area contributed by atoms with Gasteiger partial charge in [-0.2, -0.15) is 4.31 Å². The van der Waals surface area contributed by atoms with Crippen molar-refractivity contribution in [2.75, 3.05) is 19.7 Å². The van der Waals surface area contributed by atoms with Gasteiger partial charge in [-0.15, -0.1) is 0 Å². The second kappa shape index (κ2) is 6.56. The highest BCUT2D eigenvalue weighted by molar-refractivity contribution is 7.88. The monoisotopic (exact) mass is 318 g/mol. The molecule has 3 rings (SSSR count). The van der Waals surface area contributed by atoms with Crippen LogP contribution in [0.2, 0.25) is 0 Å². The van der Waals surface area contributed by atoms with Crippen molar-refractivity contribution in [3.05, 3.63) is 66.0 Å². The maximum absolute atomic E-state index is 12.6. The van der Waals surface area contributed by atoms with E-state index in [1.165, 1.54) is 4.31 Å². The molecule has 2 aromatic rings. The van der Waals surface area contributed by atoms with E-state index in [0.717, 1.165) is 11.3 Å². The number of aromatic nitrogens is 1. The zero-order chi connectivity index (χ0) is 15.4. The first-order valence-electron chi connectivity index (χ1n) is 7.19. The van der Waals surface area contributed by atoms with Crippen LogP contribution in [0.4, 0.5) is 0 Å². The van der Waals surface area contributed by atoms with Crippen LogP contribution in [0.15, 0.2) is 54.7 Å². The number of hydrogen-bond acceptors (Lipinski definition) is 4. The van der Waals surface area contributed by atoms with Crippen LogP contribution in [0, 0.1) is 0 Å². The Hall–Kier alpha value is -1.76. The van der Waals surface area contributed by atoms with Gasteiger partial charge in [-0.3, -0.25) is 4.98 Å². The Labute approximate surface area is 130 Å². The van der Waals surface area contributed by atoms with E-state index in [2.05, 4.69) is 4.98 Å². The smallest absolute Gasteiger partial charge is 0.218 e. The van der Waals surface area contributed by atoms with Gasteiger partial charge in [0.2, 0.25) is 10.0 Å². The van der Waals surface area contributed by atoms with Crippen molar-refractivity contribution in [2.24, 2.45) is 0 Å². The zero-order valence-corrected chi connectivity index (χ0v) is 12.9. The van der Waals surface area contributed by atoms with Crippen LogP contribution in [-0.4, -0.2) is 37.4 Å².